The Balaban J connectivity index is 2.06. The summed E-state index contributed by atoms with van der Waals surface area (Å²) in [7, 11) is 3.05. The highest BCUT2D eigenvalue weighted by Crippen LogP contribution is 2.32. The summed E-state index contributed by atoms with van der Waals surface area (Å²) in [6.07, 6.45) is 0.135. The van der Waals surface area contributed by atoms with Crippen molar-refractivity contribution in [3.8, 4) is 0 Å². The summed E-state index contributed by atoms with van der Waals surface area (Å²) in [6, 6.07) is -0.593. The fraction of sp³-hybridized carbons (Fsp3) is 0.600. The van der Waals surface area contributed by atoms with E-state index in [9.17, 15) is 14.4 Å². The van der Waals surface area contributed by atoms with E-state index in [4.69, 9.17) is 4.74 Å². The first-order chi connectivity index (χ1) is 13.9. The second-order valence-corrected chi connectivity index (χ2v) is 8.83. The van der Waals surface area contributed by atoms with Crippen LogP contribution >= 0.6 is 0 Å². The molecule has 164 valence electrons. The summed E-state index contributed by atoms with van der Waals surface area (Å²) in [4.78, 5) is 44.1. The van der Waals surface area contributed by atoms with Crippen LogP contribution in [0.25, 0.3) is 11.2 Å². The number of fused-ring (bicyclic) bond motifs is 1. The maximum atomic E-state index is 15.2. The summed E-state index contributed by atoms with van der Waals surface area (Å²) in [5.41, 5.74) is -0.774. The number of carbonyl (C=O) groups is 2. The molecule has 1 fully saturated rings. The molecule has 0 saturated carbocycles. The molecule has 0 radical (unpaired) electrons. The lowest BCUT2D eigenvalue weighted by atomic mass is 10.1. The van der Waals surface area contributed by atoms with Crippen LogP contribution < -0.4 is 10.5 Å². The zero-order valence-corrected chi connectivity index (χ0v) is 18.4. The number of rotatable bonds is 2. The molecule has 0 aliphatic carbocycles. The lowest BCUT2D eigenvalue weighted by Crippen LogP contribution is -2.59. The highest BCUT2D eigenvalue weighted by atomic mass is 19.1. The van der Waals surface area contributed by atoms with Gasteiger partial charge in [-0.15, -0.1) is 0 Å². The first kappa shape index (κ1) is 21.8. The summed E-state index contributed by atoms with van der Waals surface area (Å²) < 4.78 is 23.3. The van der Waals surface area contributed by atoms with E-state index >= 15 is 4.39 Å². The van der Waals surface area contributed by atoms with Gasteiger partial charge >= 0.3 is 6.09 Å². The van der Waals surface area contributed by atoms with Crippen molar-refractivity contribution in [1.29, 1.82) is 0 Å². The smallest absolute Gasteiger partial charge is 0.410 e. The average molecular weight is 421 g/mol. The van der Waals surface area contributed by atoms with Crippen LogP contribution in [0.4, 0.5) is 14.9 Å². The van der Waals surface area contributed by atoms with Crippen molar-refractivity contribution in [2.45, 2.75) is 52.3 Å². The number of hydrogen-bond acceptors (Lipinski definition) is 6. The van der Waals surface area contributed by atoms with Crippen LogP contribution in [0, 0.1) is 5.82 Å². The first-order valence-electron chi connectivity index (χ1n) is 9.83. The lowest BCUT2D eigenvalue weighted by molar-refractivity contribution is 0.0130. The molecule has 1 aliphatic rings. The van der Waals surface area contributed by atoms with Crippen molar-refractivity contribution in [3.63, 3.8) is 0 Å². The van der Waals surface area contributed by atoms with Crippen molar-refractivity contribution in [1.82, 2.24) is 19.0 Å². The Morgan fingerprint density at radius 2 is 1.80 bits per heavy atom. The average Bonchev–Trinajstić information content (AvgIpc) is 2.97. The molecule has 0 spiro atoms. The zero-order chi connectivity index (χ0) is 22.5. The third-order valence-corrected chi connectivity index (χ3v) is 5.35. The van der Waals surface area contributed by atoms with Gasteiger partial charge in [-0.2, -0.15) is 4.39 Å². The van der Waals surface area contributed by atoms with E-state index in [1.807, 2.05) is 13.8 Å². The molecule has 3 heterocycles. The van der Waals surface area contributed by atoms with Crippen LogP contribution in [0.15, 0.2) is 4.79 Å². The van der Waals surface area contributed by atoms with E-state index in [0.29, 0.717) is 18.5 Å². The number of aromatic nitrogens is 3. The molecule has 2 aromatic heterocycles. The summed E-state index contributed by atoms with van der Waals surface area (Å²) in [5, 5.41) is 0. The third-order valence-electron chi connectivity index (χ3n) is 5.35. The number of carbonyl (C=O) groups excluding carboxylic acids is 2. The molecule has 10 heteroatoms. The largest absolute Gasteiger partial charge is 0.444 e. The van der Waals surface area contributed by atoms with E-state index in [1.165, 1.54) is 11.6 Å². The Hall–Kier alpha value is -2.91. The predicted octanol–water partition coefficient (Wildman–Crippen LogP) is 2.06. The number of aryl methyl sites for hydroxylation is 2. The van der Waals surface area contributed by atoms with Gasteiger partial charge in [0.1, 0.15) is 22.5 Å². The molecular weight excluding hydrogens is 393 g/mol. The van der Waals surface area contributed by atoms with Crippen LogP contribution in [0.5, 0.6) is 0 Å². The topological polar surface area (TPSA) is 89.7 Å². The van der Waals surface area contributed by atoms with Crippen LogP contribution in [-0.2, 0) is 18.8 Å². The molecule has 30 heavy (non-hydrogen) atoms. The highest BCUT2D eigenvalue weighted by molar-refractivity contribution is 5.91. The molecule has 0 unspecified atom stereocenters. The Bertz CT molecular complexity index is 1070. The number of aldehydes is 1. The van der Waals surface area contributed by atoms with Gasteiger partial charge in [-0.1, -0.05) is 0 Å². The van der Waals surface area contributed by atoms with Gasteiger partial charge in [0.05, 0.1) is 0 Å². The number of imidazole rings is 1. The number of pyridine rings is 1. The number of halogens is 1. The molecule has 0 bridgehead atoms. The predicted molar refractivity (Wildman–Crippen MR) is 111 cm³/mol. The second kappa shape index (κ2) is 7.41. The van der Waals surface area contributed by atoms with Crippen LogP contribution in [0.1, 0.15) is 45.2 Å². The van der Waals surface area contributed by atoms with Gasteiger partial charge in [0.25, 0.3) is 5.56 Å². The van der Waals surface area contributed by atoms with Gasteiger partial charge in [-0.05, 0) is 34.6 Å². The van der Waals surface area contributed by atoms with Crippen molar-refractivity contribution in [2.75, 3.05) is 18.0 Å². The van der Waals surface area contributed by atoms with Crippen molar-refractivity contribution in [3.05, 3.63) is 22.0 Å². The first-order valence-corrected chi connectivity index (χ1v) is 9.83. The van der Waals surface area contributed by atoms with Crippen molar-refractivity contribution in [2.24, 2.45) is 14.1 Å². The molecule has 2 atom stereocenters. The standard InChI is InChI=1S/C20H28FN5O4/c1-11-9-26(19(29)30-20(3,4)5)12(2)8-25(11)16-14(21)18(28)24(7)17-15(16)22-13(10-27)23(17)6/h10-12H,8-9H2,1-7H3/t11-,12+/m0/s1. The minimum absolute atomic E-state index is 0.0555. The molecule has 3 rings (SSSR count). The van der Waals surface area contributed by atoms with E-state index in [1.54, 1.807) is 37.6 Å². The Morgan fingerprint density at radius 3 is 2.37 bits per heavy atom. The molecular formula is C20H28FN5O4. The lowest BCUT2D eigenvalue weighted by Gasteiger charge is -2.45. The van der Waals surface area contributed by atoms with Gasteiger partial charge in [0.15, 0.2) is 12.1 Å². The van der Waals surface area contributed by atoms with Gasteiger partial charge in [0, 0.05) is 39.3 Å². The Labute approximate surface area is 174 Å². The van der Waals surface area contributed by atoms with Crippen molar-refractivity contribution >= 4 is 29.2 Å². The minimum Gasteiger partial charge on any atom is -0.444 e. The van der Waals surface area contributed by atoms with E-state index in [0.717, 1.165) is 4.57 Å². The summed E-state index contributed by atoms with van der Waals surface area (Å²) in [5.74, 6) is -0.828. The number of hydrogen-bond donors (Lipinski definition) is 0. The molecule has 9 nitrogen and oxygen atoms in total. The minimum atomic E-state index is -0.926. The molecule has 1 aliphatic heterocycles. The molecule has 0 N–H and O–H groups in total. The van der Waals surface area contributed by atoms with Gasteiger partial charge < -0.3 is 19.1 Å². The summed E-state index contributed by atoms with van der Waals surface area (Å²) in [6.45, 7) is 9.66. The quantitative estimate of drug-likeness (QED) is 0.690. The van der Waals surface area contributed by atoms with Crippen molar-refractivity contribution < 1.29 is 18.7 Å². The maximum absolute atomic E-state index is 15.2. The highest BCUT2D eigenvalue weighted by Gasteiger charge is 2.37. The fourth-order valence-electron chi connectivity index (χ4n) is 3.88. The van der Waals surface area contributed by atoms with E-state index < -0.39 is 23.1 Å². The summed E-state index contributed by atoms with van der Waals surface area (Å²) >= 11 is 0. The van der Waals surface area contributed by atoms with Crippen LogP contribution in [0.2, 0.25) is 0 Å². The van der Waals surface area contributed by atoms with E-state index in [2.05, 4.69) is 4.98 Å². The molecule has 0 aromatic carbocycles. The second-order valence-electron chi connectivity index (χ2n) is 8.83. The number of anilines is 1. The van der Waals surface area contributed by atoms with Gasteiger partial charge in [0.2, 0.25) is 5.82 Å². The maximum Gasteiger partial charge on any atom is 0.410 e. The molecule has 1 saturated heterocycles. The number of piperazine rings is 1. The number of amides is 1. The number of ether oxygens (including phenoxy) is 1. The van der Waals surface area contributed by atoms with Gasteiger partial charge in [-0.25, -0.2) is 9.78 Å². The monoisotopic (exact) mass is 421 g/mol. The van der Waals surface area contributed by atoms with Gasteiger partial charge in [-0.3, -0.25) is 14.2 Å². The number of nitrogens with zero attached hydrogens (tertiary/aromatic N) is 5. The Morgan fingerprint density at radius 1 is 1.17 bits per heavy atom. The molecule has 2 aromatic rings. The fourth-order valence-corrected chi connectivity index (χ4v) is 3.88. The SMILES string of the molecule is C[C@@H]1CN(c2c(F)c(=O)n(C)c3c2nc(C=O)n3C)[C@@H](C)CN1C(=O)OC(C)(C)C. The van der Waals surface area contributed by atoms with E-state index in [-0.39, 0.29) is 35.7 Å². The Kier molecular flexibility index (Phi) is 5.38. The van der Waals surface area contributed by atoms with Crippen LogP contribution in [0.3, 0.4) is 0 Å². The normalized spacial score (nSPS) is 20.0. The van der Waals surface area contributed by atoms with Crippen LogP contribution in [-0.4, -0.2) is 62.2 Å². The molecule has 1 amide bonds. The third kappa shape index (κ3) is 3.54. The zero-order valence-electron chi connectivity index (χ0n) is 18.4.